The van der Waals surface area contributed by atoms with E-state index in [4.69, 9.17) is 16.3 Å². The fourth-order valence-corrected chi connectivity index (χ4v) is 4.79. The minimum absolute atomic E-state index is 0.213. The maximum absolute atomic E-state index is 13.2. The quantitative estimate of drug-likeness (QED) is 0.0788. The smallest absolute Gasteiger partial charge is 0.337 e. The van der Waals surface area contributed by atoms with Gasteiger partial charge in [0, 0.05) is 12.5 Å². The molecule has 0 bridgehead atoms. The third kappa shape index (κ3) is 9.86. The van der Waals surface area contributed by atoms with E-state index >= 15 is 0 Å². The van der Waals surface area contributed by atoms with Gasteiger partial charge in [-0.1, -0.05) is 95.1 Å². The molecule has 1 aliphatic carbocycles. The number of hydrogen-bond donors (Lipinski definition) is 1. The summed E-state index contributed by atoms with van der Waals surface area (Å²) in [5.41, 5.74) is 1.42. The lowest BCUT2D eigenvalue weighted by molar-refractivity contribution is -0.139. The summed E-state index contributed by atoms with van der Waals surface area (Å²) < 4.78 is 5.42. The van der Waals surface area contributed by atoms with Gasteiger partial charge in [0.2, 0.25) is 5.91 Å². The fraction of sp³-hybridized carbons (Fsp3) is 0.548. The van der Waals surface area contributed by atoms with Gasteiger partial charge in [0.25, 0.3) is 0 Å². The molecule has 1 N–H and O–H groups in total. The highest BCUT2D eigenvalue weighted by atomic mass is 35.5. The first-order valence-electron chi connectivity index (χ1n) is 13.8. The van der Waals surface area contributed by atoms with E-state index in [0.717, 1.165) is 24.8 Å². The minimum atomic E-state index is -1.69. The molecule has 0 saturated heterocycles. The van der Waals surface area contributed by atoms with E-state index in [1.807, 2.05) is 6.07 Å². The first-order valence-corrected chi connectivity index (χ1v) is 14.2. The molecule has 2 atom stereocenters. The Bertz CT molecular complexity index is 1030. The number of aryl methyl sites for hydroxylation is 1. The van der Waals surface area contributed by atoms with Gasteiger partial charge in [-0.25, -0.2) is 4.79 Å². The largest absolute Gasteiger partial charge is 0.462 e. The zero-order chi connectivity index (χ0) is 28.0. The summed E-state index contributed by atoms with van der Waals surface area (Å²) in [6, 6.07) is 6.01. The maximum atomic E-state index is 13.2. The van der Waals surface area contributed by atoms with Gasteiger partial charge in [0.1, 0.15) is 4.87 Å². The van der Waals surface area contributed by atoms with Crippen molar-refractivity contribution in [2.75, 3.05) is 6.61 Å². The number of esters is 1. The average molecular weight is 544 g/mol. The van der Waals surface area contributed by atoms with Gasteiger partial charge in [-0.05, 0) is 31.1 Å². The number of halogens is 1. The van der Waals surface area contributed by atoms with E-state index in [0.29, 0.717) is 12.2 Å². The molecule has 0 saturated carbocycles. The molecule has 6 nitrogen and oxygen atoms in total. The van der Waals surface area contributed by atoms with Crippen molar-refractivity contribution < 1.29 is 23.9 Å². The van der Waals surface area contributed by atoms with Crippen LogP contribution in [0.1, 0.15) is 100 Å². The molecule has 0 spiro atoms. The standard InChI is InChI=1S/C31H42ClNO5/c1-4-5-6-7-8-9-10-11-12-15-20-38-30(37)25-18-19-31(32,28(21-25)33-24(3)34)29(36)22-27(35)26-17-14-13-16-23(26)2/h13-14,16-19,21,28H,4-12,15,20,22H2,1-3H3,(H,33,34). The van der Waals surface area contributed by atoms with E-state index in [2.05, 4.69) is 12.2 Å². The summed E-state index contributed by atoms with van der Waals surface area (Å²) in [7, 11) is 0. The van der Waals surface area contributed by atoms with Crippen LogP contribution in [-0.2, 0) is 19.1 Å². The van der Waals surface area contributed by atoms with Crippen molar-refractivity contribution in [1.82, 2.24) is 5.32 Å². The Kier molecular flexibility index (Phi) is 13.5. The summed E-state index contributed by atoms with van der Waals surface area (Å²) in [4.78, 5) is 48.7. The zero-order valence-corrected chi connectivity index (χ0v) is 23.8. The molecule has 38 heavy (non-hydrogen) atoms. The van der Waals surface area contributed by atoms with Crippen LogP contribution in [0.4, 0.5) is 0 Å². The van der Waals surface area contributed by atoms with Gasteiger partial charge >= 0.3 is 5.97 Å². The van der Waals surface area contributed by atoms with E-state index in [9.17, 15) is 19.2 Å². The molecular weight excluding hydrogens is 502 g/mol. The molecule has 1 aromatic carbocycles. The van der Waals surface area contributed by atoms with Crippen LogP contribution in [0.2, 0.25) is 0 Å². The predicted molar refractivity (Wildman–Crippen MR) is 151 cm³/mol. The minimum Gasteiger partial charge on any atom is -0.462 e. The molecule has 7 heteroatoms. The molecular formula is C31H42ClNO5. The Morgan fingerprint density at radius 2 is 1.55 bits per heavy atom. The molecule has 0 radical (unpaired) electrons. The molecule has 0 aliphatic heterocycles. The van der Waals surface area contributed by atoms with E-state index in [1.165, 1.54) is 70.1 Å². The number of rotatable bonds is 17. The second kappa shape index (κ2) is 16.3. The number of unbranched alkanes of at least 4 members (excludes halogenated alkanes) is 9. The van der Waals surface area contributed by atoms with Crippen LogP contribution in [0.5, 0.6) is 0 Å². The van der Waals surface area contributed by atoms with Crippen LogP contribution in [-0.4, -0.2) is 41.0 Å². The number of hydrogen-bond acceptors (Lipinski definition) is 5. The first kappa shape index (κ1) is 31.5. The lowest BCUT2D eigenvalue weighted by atomic mass is 9.84. The van der Waals surface area contributed by atoms with Gasteiger partial charge < -0.3 is 10.1 Å². The van der Waals surface area contributed by atoms with Crippen LogP contribution in [0.15, 0.2) is 48.1 Å². The molecule has 0 fully saturated rings. The monoisotopic (exact) mass is 543 g/mol. The van der Waals surface area contributed by atoms with Gasteiger partial charge in [-0.2, -0.15) is 0 Å². The average Bonchev–Trinajstić information content (AvgIpc) is 2.88. The number of amides is 1. The molecule has 2 unspecified atom stereocenters. The number of carbonyl (C=O) groups is 4. The summed E-state index contributed by atoms with van der Waals surface area (Å²) in [6.45, 7) is 5.63. The zero-order valence-electron chi connectivity index (χ0n) is 23.0. The van der Waals surface area contributed by atoms with Crippen molar-refractivity contribution in [2.45, 2.75) is 102 Å². The fourth-order valence-electron chi connectivity index (χ4n) is 4.54. The molecule has 1 aromatic rings. The number of Topliss-reactive ketones (excluding diaryl/α,β-unsaturated/α-hetero) is 2. The van der Waals surface area contributed by atoms with Gasteiger partial charge in [-0.15, -0.1) is 11.6 Å². The highest BCUT2D eigenvalue weighted by molar-refractivity contribution is 6.39. The molecule has 0 aromatic heterocycles. The van der Waals surface area contributed by atoms with Crippen LogP contribution in [0, 0.1) is 6.92 Å². The Morgan fingerprint density at radius 1 is 0.947 bits per heavy atom. The Labute approximate surface area is 232 Å². The van der Waals surface area contributed by atoms with Crippen molar-refractivity contribution in [1.29, 1.82) is 0 Å². The van der Waals surface area contributed by atoms with Crippen molar-refractivity contribution in [3.05, 3.63) is 59.2 Å². The number of ether oxygens (including phenoxy) is 1. The highest BCUT2D eigenvalue weighted by Gasteiger charge is 2.44. The molecule has 1 amide bonds. The van der Waals surface area contributed by atoms with Crippen LogP contribution >= 0.6 is 11.6 Å². The van der Waals surface area contributed by atoms with Crippen molar-refractivity contribution in [3.63, 3.8) is 0 Å². The van der Waals surface area contributed by atoms with Crippen LogP contribution in [0.25, 0.3) is 0 Å². The number of benzene rings is 1. The molecule has 2 rings (SSSR count). The topological polar surface area (TPSA) is 89.5 Å². The Hall–Kier alpha value is -2.73. The third-order valence-electron chi connectivity index (χ3n) is 6.82. The first-order chi connectivity index (χ1) is 18.2. The SMILES string of the molecule is CCCCCCCCCCCCOC(=O)C1=CC(NC(C)=O)C(Cl)(C(=O)CC(=O)c2ccccc2C)C=C1. The number of alkyl halides is 1. The molecule has 208 valence electrons. The lowest BCUT2D eigenvalue weighted by Crippen LogP contribution is -2.53. The van der Waals surface area contributed by atoms with Gasteiger partial charge in [0.05, 0.1) is 24.6 Å². The Morgan fingerprint density at radius 3 is 2.16 bits per heavy atom. The number of nitrogens with one attached hydrogen (secondary N) is 1. The van der Waals surface area contributed by atoms with Gasteiger partial charge in [-0.3, -0.25) is 14.4 Å². The van der Waals surface area contributed by atoms with Crippen molar-refractivity contribution in [2.24, 2.45) is 0 Å². The van der Waals surface area contributed by atoms with E-state index in [-0.39, 0.29) is 11.4 Å². The second-order valence-corrected chi connectivity index (χ2v) is 10.7. The summed E-state index contributed by atoms with van der Waals surface area (Å²) >= 11 is 6.70. The summed E-state index contributed by atoms with van der Waals surface area (Å²) in [5.74, 6) is -1.86. The third-order valence-corrected chi connectivity index (χ3v) is 7.40. The van der Waals surface area contributed by atoms with Crippen molar-refractivity contribution in [3.8, 4) is 0 Å². The van der Waals surface area contributed by atoms with E-state index in [1.54, 1.807) is 25.1 Å². The number of ketones is 2. The van der Waals surface area contributed by atoms with E-state index < -0.39 is 35.0 Å². The normalized spacial score (nSPS) is 18.5. The summed E-state index contributed by atoms with van der Waals surface area (Å²) in [6.07, 6.45) is 15.7. The van der Waals surface area contributed by atoms with Gasteiger partial charge in [0.15, 0.2) is 11.6 Å². The van der Waals surface area contributed by atoms with Crippen LogP contribution < -0.4 is 5.32 Å². The van der Waals surface area contributed by atoms with Crippen molar-refractivity contribution >= 4 is 35.0 Å². The predicted octanol–water partition coefficient (Wildman–Crippen LogP) is 6.58. The summed E-state index contributed by atoms with van der Waals surface area (Å²) in [5, 5.41) is 2.64. The maximum Gasteiger partial charge on any atom is 0.337 e. The lowest BCUT2D eigenvalue weighted by Gasteiger charge is -2.32. The second-order valence-electron chi connectivity index (χ2n) is 10.1. The Balaban J connectivity index is 1.88. The molecule has 0 heterocycles. The highest BCUT2D eigenvalue weighted by Crippen LogP contribution is 2.32. The van der Waals surface area contributed by atoms with Crippen LogP contribution in [0.3, 0.4) is 0 Å². The number of carbonyl (C=O) groups excluding carboxylic acids is 4. The molecule has 1 aliphatic rings.